The van der Waals surface area contributed by atoms with Crippen LogP contribution in [0.2, 0.25) is 0 Å². The van der Waals surface area contributed by atoms with Gasteiger partial charge in [0.25, 0.3) is 11.8 Å². The van der Waals surface area contributed by atoms with Gasteiger partial charge in [0.15, 0.2) is 0 Å². The number of benzene rings is 1. The van der Waals surface area contributed by atoms with Crippen LogP contribution >= 0.6 is 0 Å². The molecule has 0 saturated carbocycles. The van der Waals surface area contributed by atoms with Crippen molar-refractivity contribution in [3.8, 4) is 0 Å². The first-order chi connectivity index (χ1) is 9.25. The molecule has 0 bridgehead atoms. The molecule has 0 spiro atoms. The Morgan fingerprint density at radius 3 is 2.40 bits per heavy atom. The molecule has 0 aromatic heterocycles. The summed E-state index contributed by atoms with van der Waals surface area (Å²) in [6, 6.07) is 7.25. The topological polar surface area (TPSA) is 49.4 Å². The molecule has 1 aromatic rings. The Morgan fingerprint density at radius 1 is 1.25 bits per heavy atom. The lowest BCUT2D eigenvalue weighted by Gasteiger charge is -2.34. The normalized spacial score (nSPS) is 11.4. The van der Waals surface area contributed by atoms with Gasteiger partial charge in [0.1, 0.15) is 0 Å². The molecule has 1 aromatic carbocycles. The van der Waals surface area contributed by atoms with Crippen LogP contribution in [0, 0.1) is 6.92 Å². The van der Waals surface area contributed by atoms with E-state index in [2.05, 4.69) is 5.43 Å². The first-order valence-electron chi connectivity index (χ1n) is 6.60. The van der Waals surface area contributed by atoms with Gasteiger partial charge in [-0.05, 0) is 46.8 Å². The molecule has 4 nitrogen and oxygen atoms in total. The minimum absolute atomic E-state index is 0.249. The van der Waals surface area contributed by atoms with Crippen LogP contribution in [0.1, 0.15) is 43.6 Å². The highest BCUT2D eigenvalue weighted by Crippen LogP contribution is 2.12. The molecule has 108 valence electrons. The van der Waals surface area contributed by atoms with E-state index >= 15 is 0 Å². The Labute approximate surface area is 120 Å². The largest absolute Gasteiger partial charge is 0.269 e. The summed E-state index contributed by atoms with van der Waals surface area (Å²) in [6.45, 7) is 9.28. The molecular formula is C16H22N2O2. The van der Waals surface area contributed by atoms with Crippen LogP contribution in [0.15, 0.2) is 36.4 Å². The number of amides is 2. The monoisotopic (exact) mass is 274 g/mol. The minimum atomic E-state index is -0.504. The molecule has 0 aliphatic carbocycles. The molecule has 0 unspecified atom stereocenters. The van der Waals surface area contributed by atoms with Crippen molar-refractivity contribution in [2.75, 3.05) is 0 Å². The third-order valence-corrected chi connectivity index (χ3v) is 2.69. The molecule has 0 atom stereocenters. The maximum atomic E-state index is 12.2. The summed E-state index contributed by atoms with van der Waals surface area (Å²) in [4.78, 5) is 24.3. The third kappa shape index (κ3) is 4.23. The van der Waals surface area contributed by atoms with Crippen LogP contribution in [-0.2, 0) is 4.79 Å². The maximum absolute atomic E-state index is 12.2. The van der Waals surface area contributed by atoms with Crippen molar-refractivity contribution < 1.29 is 9.59 Å². The van der Waals surface area contributed by atoms with Gasteiger partial charge in [-0.1, -0.05) is 23.8 Å². The average Bonchev–Trinajstić information content (AvgIpc) is 2.34. The molecule has 0 aliphatic rings. The van der Waals surface area contributed by atoms with Gasteiger partial charge in [-0.2, -0.15) is 0 Å². The van der Waals surface area contributed by atoms with Crippen molar-refractivity contribution in [3.63, 3.8) is 0 Å². The van der Waals surface area contributed by atoms with E-state index in [0.29, 0.717) is 5.56 Å². The second-order valence-corrected chi connectivity index (χ2v) is 5.65. The molecule has 0 aliphatic heterocycles. The smallest absolute Gasteiger partial charge is 0.268 e. The van der Waals surface area contributed by atoms with E-state index in [4.69, 9.17) is 0 Å². The standard InChI is InChI=1S/C16H22N2O2/c1-6-8-14(19)18(16(3,4)5)17-15(20)13-10-7-9-12(2)11-13/h6-11H,1-5H3,(H,17,20)/b8-6+. The quantitative estimate of drug-likeness (QED) is 0.666. The minimum Gasteiger partial charge on any atom is -0.268 e. The molecule has 0 heterocycles. The van der Waals surface area contributed by atoms with Crippen LogP contribution in [0.5, 0.6) is 0 Å². The lowest BCUT2D eigenvalue weighted by molar-refractivity contribution is -0.133. The number of hydrogen-bond donors (Lipinski definition) is 1. The molecule has 0 fully saturated rings. The van der Waals surface area contributed by atoms with E-state index in [1.807, 2.05) is 39.8 Å². The van der Waals surface area contributed by atoms with E-state index < -0.39 is 5.54 Å². The summed E-state index contributed by atoms with van der Waals surface area (Å²) in [7, 11) is 0. The Morgan fingerprint density at radius 2 is 1.90 bits per heavy atom. The summed E-state index contributed by atoms with van der Waals surface area (Å²) in [6.07, 6.45) is 3.08. The van der Waals surface area contributed by atoms with Gasteiger partial charge >= 0.3 is 0 Å². The Balaban J connectivity index is 2.96. The van der Waals surface area contributed by atoms with Gasteiger partial charge < -0.3 is 0 Å². The molecule has 20 heavy (non-hydrogen) atoms. The zero-order valence-corrected chi connectivity index (χ0v) is 12.7. The Hall–Kier alpha value is -2.10. The molecule has 0 radical (unpaired) electrons. The van der Waals surface area contributed by atoms with Crippen LogP contribution < -0.4 is 5.43 Å². The summed E-state index contributed by atoms with van der Waals surface area (Å²) >= 11 is 0. The van der Waals surface area contributed by atoms with E-state index in [9.17, 15) is 9.59 Å². The van der Waals surface area contributed by atoms with E-state index in [-0.39, 0.29) is 11.8 Å². The molecule has 1 rings (SSSR count). The lowest BCUT2D eigenvalue weighted by atomic mass is 10.1. The number of hydrazine groups is 1. The van der Waals surface area contributed by atoms with Gasteiger partial charge in [-0.15, -0.1) is 0 Å². The highest BCUT2D eigenvalue weighted by Gasteiger charge is 2.27. The number of nitrogens with one attached hydrogen (secondary N) is 1. The van der Waals surface area contributed by atoms with E-state index in [0.717, 1.165) is 5.56 Å². The van der Waals surface area contributed by atoms with Crippen LogP contribution in [-0.4, -0.2) is 22.4 Å². The molecular weight excluding hydrogens is 252 g/mol. The van der Waals surface area contributed by atoms with Crippen molar-refractivity contribution in [3.05, 3.63) is 47.5 Å². The van der Waals surface area contributed by atoms with E-state index in [1.54, 1.807) is 25.1 Å². The van der Waals surface area contributed by atoms with Gasteiger partial charge in [-0.3, -0.25) is 15.0 Å². The summed E-state index contributed by atoms with van der Waals surface area (Å²) in [5, 5.41) is 1.34. The first-order valence-corrected chi connectivity index (χ1v) is 6.60. The number of nitrogens with zero attached hydrogens (tertiary/aromatic N) is 1. The highest BCUT2D eigenvalue weighted by molar-refractivity contribution is 5.97. The summed E-state index contributed by atoms with van der Waals surface area (Å²) in [5.74, 6) is -0.539. The first kappa shape index (κ1) is 16.0. The zero-order valence-electron chi connectivity index (χ0n) is 12.7. The number of rotatable bonds is 2. The number of aryl methyl sites for hydroxylation is 1. The fraction of sp³-hybridized carbons (Fsp3) is 0.375. The SMILES string of the molecule is C/C=C/C(=O)N(NC(=O)c1cccc(C)c1)C(C)(C)C. The van der Waals surface area contributed by atoms with Gasteiger partial charge in [0.05, 0.1) is 5.54 Å². The maximum Gasteiger partial charge on any atom is 0.269 e. The predicted octanol–water partition coefficient (Wildman–Crippen LogP) is 2.84. The van der Waals surface area contributed by atoms with Crippen molar-refractivity contribution in [1.82, 2.24) is 10.4 Å². The fourth-order valence-corrected chi connectivity index (χ4v) is 1.72. The van der Waals surface area contributed by atoms with Crippen LogP contribution in [0.25, 0.3) is 0 Å². The Bertz CT molecular complexity index is 528. The molecule has 0 saturated heterocycles. The van der Waals surface area contributed by atoms with Gasteiger partial charge in [0, 0.05) is 11.6 Å². The zero-order chi connectivity index (χ0) is 15.3. The predicted molar refractivity (Wildman–Crippen MR) is 80.1 cm³/mol. The second-order valence-electron chi connectivity index (χ2n) is 5.65. The number of hydrogen-bond acceptors (Lipinski definition) is 2. The van der Waals surface area contributed by atoms with Gasteiger partial charge in [0.2, 0.25) is 0 Å². The molecule has 4 heteroatoms. The highest BCUT2D eigenvalue weighted by atomic mass is 16.2. The fourth-order valence-electron chi connectivity index (χ4n) is 1.72. The molecule has 1 N–H and O–H groups in total. The average molecular weight is 274 g/mol. The van der Waals surface area contributed by atoms with Crippen molar-refractivity contribution in [1.29, 1.82) is 0 Å². The number of carbonyl (C=O) groups excluding carboxylic acids is 2. The Kier molecular flexibility index (Phi) is 5.08. The lowest BCUT2D eigenvalue weighted by Crippen LogP contribution is -2.55. The molecule has 2 amide bonds. The van der Waals surface area contributed by atoms with Crippen LogP contribution in [0.3, 0.4) is 0 Å². The number of allylic oxidation sites excluding steroid dienone is 1. The van der Waals surface area contributed by atoms with Crippen molar-refractivity contribution in [2.24, 2.45) is 0 Å². The number of carbonyl (C=O) groups is 2. The summed E-state index contributed by atoms with van der Waals surface area (Å²) < 4.78 is 0. The van der Waals surface area contributed by atoms with E-state index in [1.165, 1.54) is 11.1 Å². The van der Waals surface area contributed by atoms with Crippen molar-refractivity contribution >= 4 is 11.8 Å². The van der Waals surface area contributed by atoms with Crippen LogP contribution in [0.4, 0.5) is 0 Å². The second kappa shape index (κ2) is 6.37. The third-order valence-electron chi connectivity index (χ3n) is 2.69. The van der Waals surface area contributed by atoms with Gasteiger partial charge in [-0.25, -0.2) is 5.01 Å². The summed E-state index contributed by atoms with van der Waals surface area (Å²) in [5.41, 5.74) is 3.71. The van der Waals surface area contributed by atoms with Crippen molar-refractivity contribution in [2.45, 2.75) is 40.2 Å².